The SMILES string of the molecule is O[C@@H]1c2ccc(F)cc2C[C@H]1N1CC=C(c2cccc3c2SCCC3)CC1. The van der Waals surface area contributed by atoms with E-state index < -0.39 is 6.10 Å². The van der Waals surface area contributed by atoms with Gasteiger partial charge in [-0.2, -0.15) is 0 Å². The number of fused-ring (bicyclic) bond motifs is 2. The number of hydrogen-bond acceptors (Lipinski definition) is 3. The molecule has 2 atom stereocenters. The summed E-state index contributed by atoms with van der Waals surface area (Å²) >= 11 is 2.00. The van der Waals surface area contributed by atoms with E-state index >= 15 is 0 Å². The van der Waals surface area contributed by atoms with Gasteiger partial charge in [-0.05, 0) is 71.4 Å². The summed E-state index contributed by atoms with van der Waals surface area (Å²) in [5.41, 5.74) is 6.19. The molecule has 0 amide bonds. The summed E-state index contributed by atoms with van der Waals surface area (Å²) in [7, 11) is 0. The van der Waals surface area contributed by atoms with Gasteiger partial charge in [0.15, 0.2) is 0 Å². The van der Waals surface area contributed by atoms with Gasteiger partial charge in [-0.25, -0.2) is 4.39 Å². The third-order valence-electron chi connectivity index (χ3n) is 6.21. The van der Waals surface area contributed by atoms with Crippen LogP contribution in [0.5, 0.6) is 0 Å². The van der Waals surface area contributed by atoms with Crippen molar-refractivity contribution in [2.75, 3.05) is 18.8 Å². The molecule has 0 fully saturated rings. The number of rotatable bonds is 2. The molecular weight excluding hydrogens is 357 g/mol. The van der Waals surface area contributed by atoms with Crippen molar-refractivity contribution < 1.29 is 9.50 Å². The Hall–Kier alpha value is -1.62. The van der Waals surface area contributed by atoms with Crippen molar-refractivity contribution >= 4 is 17.3 Å². The number of aliphatic hydroxyl groups excluding tert-OH is 1. The van der Waals surface area contributed by atoms with Gasteiger partial charge in [0, 0.05) is 24.0 Å². The molecule has 0 bridgehead atoms. The highest BCUT2D eigenvalue weighted by Crippen LogP contribution is 2.40. The lowest BCUT2D eigenvalue weighted by molar-refractivity contribution is 0.0670. The van der Waals surface area contributed by atoms with Crippen molar-refractivity contribution in [2.24, 2.45) is 0 Å². The third-order valence-corrected chi connectivity index (χ3v) is 7.47. The van der Waals surface area contributed by atoms with Crippen LogP contribution in [-0.2, 0) is 12.8 Å². The summed E-state index contributed by atoms with van der Waals surface area (Å²) in [5.74, 6) is 1.00. The Morgan fingerprint density at radius 2 is 2.04 bits per heavy atom. The maximum Gasteiger partial charge on any atom is 0.123 e. The maximum absolute atomic E-state index is 13.5. The number of aryl methyl sites for hydroxylation is 1. The van der Waals surface area contributed by atoms with E-state index in [2.05, 4.69) is 29.2 Å². The molecule has 2 aromatic carbocycles. The molecule has 0 radical (unpaired) electrons. The zero-order valence-corrected chi connectivity index (χ0v) is 16.1. The number of thioether (sulfide) groups is 1. The smallest absolute Gasteiger partial charge is 0.123 e. The predicted molar refractivity (Wildman–Crippen MR) is 109 cm³/mol. The highest BCUT2D eigenvalue weighted by atomic mass is 32.2. The zero-order chi connectivity index (χ0) is 18.4. The molecule has 1 N–H and O–H groups in total. The molecule has 2 nitrogen and oxygen atoms in total. The molecule has 0 saturated carbocycles. The highest BCUT2D eigenvalue weighted by Gasteiger charge is 2.36. The van der Waals surface area contributed by atoms with Crippen LogP contribution in [0.25, 0.3) is 5.57 Å². The van der Waals surface area contributed by atoms with Gasteiger partial charge < -0.3 is 5.11 Å². The van der Waals surface area contributed by atoms with Gasteiger partial charge in [-0.1, -0.05) is 30.3 Å². The van der Waals surface area contributed by atoms with Crippen LogP contribution in [0.4, 0.5) is 4.39 Å². The van der Waals surface area contributed by atoms with E-state index in [0.29, 0.717) is 0 Å². The molecule has 1 aliphatic carbocycles. The van der Waals surface area contributed by atoms with Crippen LogP contribution in [0.1, 0.15) is 41.2 Å². The fraction of sp³-hybridized carbons (Fsp3) is 0.391. The van der Waals surface area contributed by atoms with E-state index in [1.807, 2.05) is 11.8 Å². The van der Waals surface area contributed by atoms with E-state index in [1.54, 1.807) is 12.1 Å². The van der Waals surface area contributed by atoms with Crippen LogP contribution >= 0.6 is 11.8 Å². The van der Waals surface area contributed by atoms with Gasteiger partial charge in [0.2, 0.25) is 0 Å². The Bertz CT molecular complexity index is 909. The lowest BCUT2D eigenvalue weighted by Crippen LogP contribution is -2.40. The first-order valence-corrected chi connectivity index (χ1v) is 10.8. The van der Waals surface area contributed by atoms with Crippen LogP contribution < -0.4 is 0 Å². The second kappa shape index (κ2) is 7.08. The Labute approximate surface area is 164 Å². The van der Waals surface area contributed by atoms with Gasteiger partial charge in [0.05, 0.1) is 6.10 Å². The first-order valence-electron chi connectivity index (χ1n) is 9.85. The minimum absolute atomic E-state index is 0.0543. The molecule has 4 heteroatoms. The Kier molecular flexibility index (Phi) is 4.58. The Morgan fingerprint density at radius 1 is 1.11 bits per heavy atom. The number of hydrogen-bond donors (Lipinski definition) is 1. The lowest BCUT2D eigenvalue weighted by atomic mass is 9.95. The van der Waals surface area contributed by atoms with Gasteiger partial charge in [-0.15, -0.1) is 11.8 Å². The van der Waals surface area contributed by atoms with Crippen LogP contribution in [0.3, 0.4) is 0 Å². The fourth-order valence-corrected chi connectivity index (χ4v) is 5.99. The van der Waals surface area contributed by atoms with E-state index in [4.69, 9.17) is 0 Å². The minimum Gasteiger partial charge on any atom is -0.387 e. The number of halogens is 1. The number of benzene rings is 2. The summed E-state index contributed by atoms with van der Waals surface area (Å²) in [6.07, 6.45) is 6.02. The topological polar surface area (TPSA) is 23.5 Å². The maximum atomic E-state index is 13.5. The zero-order valence-electron chi connectivity index (χ0n) is 15.3. The summed E-state index contributed by atoms with van der Waals surface area (Å²) in [6.45, 7) is 1.79. The minimum atomic E-state index is -0.518. The molecule has 27 heavy (non-hydrogen) atoms. The van der Waals surface area contributed by atoms with Gasteiger partial charge in [0.1, 0.15) is 5.82 Å². The van der Waals surface area contributed by atoms with Crippen LogP contribution in [0.15, 0.2) is 47.4 Å². The van der Waals surface area contributed by atoms with Crippen molar-refractivity contribution in [1.29, 1.82) is 0 Å². The average Bonchev–Trinajstić information content (AvgIpc) is 3.03. The first-order chi connectivity index (χ1) is 13.2. The number of aliphatic hydroxyl groups is 1. The Morgan fingerprint density at radius 3 is 2.89 bits per heavy atom. The first kappa shape index (κ1) is 17.5. The molecular formula is C23H24FNOS. The highest BCUT2D eigenvalue weighted by molar-refractivity contribution is 7.99. The Balaban J connectivity index is 1.35. The molecule has 140 valence electrons. The summed E-state index contributed by atoms with van der Waals surface area (Å²) in [4.78, 5) is 3.83. The van der Waals surface area contributed by atoms with Gasteiger partial charge in [0.25, 0.3) is 0 Å². The number of nitrogens with zero attached hydrogens (tertiary/aromatic N) is 1. The summed E-state index contributed by atoms with van der Waals surface area (Å²) in [5, 5.41) is 10.7. The quantitative estimate of drug-likeness (QED) is 0.822. The second-order valence-corrected chi connectivity index (χ2v) is 8.88. The molecule has 2 aliphatic heterocycles. The second-order valence-electron chi connectivity index (χ2n) is 7.78. The van der Waals surface area contributed by atoms with E-state index in [0.717, 1.165) is 37.1 Å². The van der Waals surface area contributed by atoms with E-state index in [1.165, 1.54) is 46.3 Å². The molecule has 5 rings (SSSR count). The van der Waals surface area contributed by atoms with Crippen LogP contribution in [0, 0.1) is 5.82 Å². The third kappa shape index (κ3) is 3.14. The molecule has 2 heterocycles. The van der Waals surface area contributed by atoms with Crippen molar-refractivity contribution in [3.8, 4) is 0 Å². The van der Waals surface area contributed by atoms with Gasteiger partial charge >= 0.3 is 0 Å². The van der Waals surface area contributed by atoms with Crippen molar-refractivity contribution in [2.45, 2.75) is 42.7 Å². The summed E-state index contributed by atoms with van der Waals surface area (Å²) in [6, 6.07) is 11.6. The lowest BCUT2D eigenvalue weighted by Gasteiger charge is -2.34. The van der Waals surface area contributed by atoms with Crippen molar-refractivity contribution in [3.63, 3.8) is 0 Å². The van der Waals surface area contributed by atoms with E-state index in [9.17, 15) is 9.50 Å². The molecule has 3 aliphatic rings. The molecule has 0 saturated heterocycles. The molecule has 0 unspecified atom stereocenters. The van der Waals surface area contributed by atoms with Crippen LogP contribution in [0.2, 0.25) is 0 Å². The molecule has 2 aromatic rings. The fourth-order valence-electron chi connectivity index (χ4n) is 4.79. The molecule has 0 spiro atoms. The van der Waals surface area contributed by atoms with Gasteiger partial charge in [-0.3, -0.25) is 4.90 Å². The average molecular weight is 382 g/mol. The van der Waals surface area contributed by atoms with Crippen molar-refractivity contribution in [1.82, 2.24) is 4.90 Å². The van der Waals surface area contributed by atoms with Crippen molar-refractivity contribution in [3.05, 3.63) is 70.5 Å². The predicted octanol–water partition coefficient (Wildman–Crippen LogP) is 4.61. The van der Waals surface area contributed by atoms with Crippen LogP contribution in [-0.4, -0.2) is 34.9 Å². The largest absolute Gasteiger partial charge is 0.387 e. The molecule has 0 aromatic heterocycles. The summed E-state index contributed by atoms with van der Waals surface area (Å²) < 4.78 is 13.5. The standard InChI is InChI=1S/C23H24FNOS/c24-18-6-7-19-17(13-18)14-21(22(19)26)25-10-8-15(9-11-25)20-5-1-3-16-4-2-12-27-23(16)20/h1,3,5-8,13,21-22,26H,2,4,9-12,14H2/t21-,22-/m1/s1. The monoisotopic (exact) mass is 381 g/mol. The normalized spacial score (nSPS) is 25.0. The van der Waals surface area contributed by atoms with E-state index in [-0.39, 0.29) is 11.9 Å².